The van der Waals surface area contributed by atoms with Crippen LogP contribution in [-0.2, 0) is 9.59 Å². The van der Waals surface area contributed by atoms with Gasteiger partial charge in [-0.25, -0.2) is 0 Å². The summed E-state index contributed by atoms with van der Waals surface area (Å²) in [6.45, 7) is 4.55. The summed E-state index contributed by atoms with van der Waals surface area (Å²) in [7, 11) is 0. The van der Waals surface area contributed by atoms with E-state index < -0.39 is 0 Å². The first kappa shape index (κ1) is 15.0. The quantitative estimate of drug-likeness (QED) is 0.725. The molecule has 0 radical (unpaired) electrons. The summed E-state index contributed by atoms with van der Waals surface area (Å²) in [5, 5.41) is 2.80. The van der Waals surface area contributed by atoms with E-state index in [0.29, 0.717) is 25.9 Å². The second kappa shape index (κ2) is 8.08. The lowest BCUT2D eigenvalue weighted by Crippen LogP contribution is -2.38. The minimum atomic E-state index is -0.0694. The van der Waals surface area contributed by atoms with Gasteiger partial charge in [0.05, 0.1) is 0 Å². The van der Waals surface area contributed by atoms with Crippen molar-refractivity contribution in [2.24, 2.45) is 11.7 Å². The molecule has 1 atom stereocenters. The zero-order valence-electron chi connectivity index (χ0n) is 11.3. The van der Waals surface area contributed by atoms with Crippen LogP contribution in [-0.4, -0.2) is 42.9 Å². The largest absolute Gasteiger partial charge is 0.355 e. The normalized spacial score (nSPS) is 17.3. The second-order valence-electron chi connectivity index (χ2n) is 4.96. The van der Waals surface area contributed by atoms with Crippen LogP contribution in [0.1, 0.15) is 39.0 Å². The first-order valence-corrected chi connectivity index (χ1v) is 6.90. The smallest absolute Gasteiger partial charge is 0.224 e. The van der Waals surface area contributed by atoms with Gasteiger partial charge in [-0.2, -0.15) is 0 Å². The SMILES string of the molecule is CC(CCN)C(=O)NCCC(=O)N1CCCCC1. The van der Waals surface area contributed by atoms with Crippen LogP contribution in [0.4, 0.5) is 0 Å². The van der Waals surface area contributed by atoms with Gasteiger partial charge in [-0.05, 0) is 32.2 Å². The Bertz CT molecular complexity index is 275. The van der Waals surface area contributed by atoms with E-state index in [1.807, 2.05) is 11.8 Å². The van der Waals surface area contributed by atoms with Gasteiger partial charge in [0.15, 0.2) is 0 Å². The van der Waals surface area contributed by atoms with Gasteiger partial charge in [0.25, 0.3) is 0 Å². The van der Waals surface area contributed by atoms with Crippen molar-refractivity contribution in [2.75, 3.05) is 26.2 Å². The Morgan fingerprint density at radius 2 is 1.94 bits per heavy atom. The van der Waals surface area contributed by atoms with Crippen molar-refractivity contribution in [3.63, 3.8) is 0 Å². The number of hydrogen-bond donors (Lipinski definition) is 2. The Morgan fingerprint density at radius 3 is 2.56 bits per heavy atom. The summed E-state index contributed by atoms with van der Waals surface area (Å²) in [5.74, 6) is 0.0773. The van der Waals surface area contributed by atoms with Gasteiger partial charge < -0.3 is 16.0 Å². The summed E-state index contributed by atoms with van der Waals surface area (Å²) in [6.07, 6.45) is 4.52. The van der Waals surface area contributed by atoms with Crippen molar-refractivity contribution in [2.45, 2.75) is 39.0 Å². The molecule has 1 aliphatic heterocycles. The van der Waals surface area contributed by atoms with Gasteiger partial charge in [0.2, 0.25) is 11.8 Å². The van der Waals surface area contributed by atoms with E-state index in [9.17, 15) is 9.59 Å². The molecule has 1 aliphatic rings. The maximum Gasteiger partial charge on any atom is 0.224 e. The third kappa shape index (κ3) is 5.04. The highest BCUT2D eigenvalue weighted by molar-refractivity contribution is 5.80. The fourth-order valence-electron chi connectivity index (χ4n) is 2.15. The Balaban J connectivity index is 2.16. The lowest BCUT2D eigenvalue weighted by molar-refractivity contribution is -0.132. The van der Waals surface area contributed by atoms with Gasteiger partial charge in [0, 0.05) is 32.0 Å². The molecule has 5 heteroatoms. The lowest BCUT2D eigenvalue weighted by atomic mass is 10.1. The Labute approximate surface area is 109 Å². The molecule has 0 aromatic heterocycles. The van der Waals surface area contributed by atoms with Crippen LogP contribution in [0, 0.1) is 5.92 Å². The molecule has 18 heavy (non-hydrogen) atoms. The standard InChI is InChI=1S/C13H25N3O2/c1-11(5-7-14)13(18)15-8-6-12(17)16-9-3-2-4-10-16/h11H,2-10,14H2,1H3,(H,15,18). The fraction of sp³-hybridized carbons (Fsp3) is 0.846. The molecular weight excluding hydrogens is 230 g/mol. The second-order valence-corrected chi connectivity index (χ2v) is 4.96. The Morgan fingerprint density at radius 1 is 1.28 bits per heavy atom. The van der Waals surface area contributed by atoms with Gasteiger partial charge in [-0.15, -0.1) is 0 Å². The van der Waals surface area contributed by atoms with E-state index in [4.69, 9.17) is 5.73 Å². The number of nitrogens with one attached hydrogen (secondary N) is 1. The van der Waals surface area contributed by atoms with E-state index in [0.717, 1.165) is 25.9 Å². The molecular formula is C13H25N3O2. The Kier molecular flexibility index (Phi) is 6.72. The first-order chi connectivity index (χ1) is 8.65. The number of carbonyl (C=O) groups is 2. The number of piperidine rings is 1. The highest BCUT2D eigenvalue weighted by Crippen LogP contribution is 2.09. The van der Waals surface area contributed by atoms with Gasteiger partial charge in [-0.1, -0.05) is 6.92 Å². The van der Waals surface area contributed by atoms with E-state index in [1.54, 1.807) is 0 Å². The molecule has 1 unspecified atom stereocenters. The molecule has 3 N–H and O–H groups in total. The third-order valence-electron chi connectivity index (χ3n) is 3.39. The molecule has 1 saturated heterocycles. The van der Waals surface area contributed by atoms with Crippen molar-refractivity contribution in [1.29, 1.82) is 0 Å². The van der Waals surface area contributed by atoms with Crippen molar-refractivity contribution < 1.29 is 9.59 Å². The van der Waals surface area contributed by atoms with Crippen LogP contribution in [0.2, 0.25) is 0 Å². The minimum Gasteiger partial charge on any atom is -0.355 e. The van der Waals surface area contributed by atoms with E-state index in [1.165, 1.54) is 6.42 Å². The Hall–Kier alpha value is -1.10. The predicted octanol–water partition coefficient (Wildman–Crippen LogP) is 0.490. The van der Waals surface area contributed by atoms with Crippen LogP contribution in [0.3, 0.4) is 0 Å². The molecule has 0 saturated carbocycles. The van der Waals surface area contributed by atoms with Crippen LogP contribution in [0.5, 0.6) is 0 Å². The number of likely N-dealkylation sites (tertiary alicyclic amines) is 1. The number of hydrogen-bond acceptors (Lipinski definition) is 3. The van der Waals surface area contributed by atoms with E-state index in [2.05, 4.69) is 5.32 Å². The molecule has 5 nitrogen and oxygen atoms in total. The average Bonchev–Trinajstić information content (AvgIpc) is 2.39. The van der Waals surface area contributed by atoms with Gasteiger partial charge >= 0.3 is 0 Å². The average molecular weight is 255 g/mol. The molecule has 1 heterocycles. The molecule has 104 valence electrons. The van der Waals surface area contributed by atoms with Crippen LogP contribution >= 0.6 is 0 Å². The summed E-state index contributed by atoms with van der Waals surface area (Å²) in [4.78, 5) is 25.3. The summed E-state index contributed by atoms with van der Waals surface area (Å²) in [6, 6.07) is 0. The van der Waals surface area contributed by atoms with Crippen molar-refractivity contribution in [1.82, 2.24) is 10.2 Å². The molecule has 0 bridgehead atoms. The number of carbonyl (C=O) groups excluding carboxylic acids is 2. The summed E-state index contributed by atoms with van der Waals surface area (Å²) in [5.41, 5.74) is 5.40. The predicted molar refractivity (Wildman–Crippen MR) is 70.9 cm³/mol. The fourth-order valence-corrected chi connectivity index (χ4v) is 2.15. The zero-order chi connectivity index (χ0) is 13.4. The third-order valence-corrected chi connectivity index (χ3v) is 3.39. The number of rotatable bonds is 6. The van der Waals surface area contributed by atoms with Gasteiger partial charge in [-0.3, -0.25) is 9.59 Å². The molecule has 2 amide bonds. The maximum absolute atomic E-state index is 11.8. The highest BCUT2D eigenvalue weighted by atomic mass is 16.2. The lowest BCUT2D eigenvalue weighted by Gasteiger charge is -2.26. The maximum atomic E-state index is 11.8. The van der Waals surface area contributed by atoms with E-state index in [-0.39, 0.29) is 17.7 Å². The zero-order valence-corrected chi connectivity index (χ0v) is 11.3. The topological polar surface area (TPSA) is 75.4 Å². The van der Waals surface area contributed by atoms with Crippen LogP contribution in [0.25, 0.3) is 0 Å². The van der Waals surface area contributed by atoms with Crippen LogP contribution in [0.15, 0.2) is 0 Å². The first-order valence-electron chi connectivity index (χ1n) is 6.90. The van der Waals surface area contributed by atoms with Crippen LogP contribution < -0.4 is 11.1 Å². The minimum absolute atomic E-state index is 0.00751. The van der Waals surface area contributed by atoms with E-state index >= 15 is 0 Å². The monoisotopic (exact) mass is 255 g/mol. The number of nitrogens with two attached hydrogens (primary N) is 1. The van der Waals surface area contributed by atoms with Crippen molar-refractivity contribution in [3.05, 3.63) is 0 Å². The summed E-state index contributed by atoms with van der Waals surface area (Å²) >= 11 is 0. The van der Waals surface area contributed by atoms with Gasteiger partial charge in [0.1, 0.15) is 0 Å². The molecule has 0 spiro atoms. The number of amides is 2. The molecule has 1 rings (SSSR count). The molecule has 0 aliphatic carbocycles. The van der Waals surface area contributed by atoms with Crippen molar-refractivity contribution in [3.8, 4) is 0 Å². The van der Waals surface area contributed by atoms with Crippen molar-refractivity contribution >= 4 is 11.8 Å². The molecule has 0 aromatic rings. The number of nitrogens with zero attached hydrogens (tertiary/aromatic N) is 1. The highest BCUT2D eigenvalue weighted by Gasteiger charge is 2.17. The summed E-state index contributed by atoms with van der Waals surface area (Å²) < 4.78 is 0. The molecule has 0 aromatic carbocycles. The molecule has 1 fully saturated rings.